The van der Waals surface area contributed by atoms with Gasteiger partial charge in [-0.15, -0.1) is 11.3 Å². The number of benzene rings is 1. The second-order valence-electron chi connectivity index (χ2n) is 10.7. The summed E-state index contributed by atoms with van der Waals surface area (Å²) in [6.07, 6.45) is 5.86. The van der Waals surface area contributed by atoms with Gasteiger partial charge >= 0.3 is 0 Å². The summed E-state index contributed by atoms with van der Waals surface area (Å²) < 4.78 is 35.2. The lowest BCUT2D eigenvalue weighted by Crippen LogP contribution is -2.54. The molecule has 40 heavy (non-hydrogen) atoms. The number of fused-ring (bicyclic) bond motifs is 2. The van der Waals surface area contributed by atoms with Gasteiger partial charge in [-0.1, -0.05) is 12.1 Å². The molecule has 214 valence electrons. The highest BCUT2D eigenvalue weighted by Gasteiger charge is 2.37. The Hall–Kier alpha value is -2.52. The Balaban J connectivity index is 1.24. The first kappa shape index (κ1) is 27.6. The summed E-state index contributed by atoms with van der Waals surface area (Å²) in [4.78, 5) is 16.8. The maximum atomic E-state index is 13.1. The molecule has 1 N–H and O–H groups in total. The molecular formula is C27H36N8O3S2. The van der Waals surface area contributed by atoms with Crippen LogP contribution in [-0.4, -0.2) is 120 Å². The average molecular weight is 585 g/mol. The van der Waals surface area contributed by atoms with Crippen molar-refractivity contribution in [2.75, 3.05) is 72.3 Å². The highest BCUT2D eigenvalue weighted by Crippen LogP contribution is 2.38. The fraction of sp³-hybridized carbons (Fsp3) is 0.519. The van der Waals surface area contributed by atoms with E-state index in [0.29, 0.717) is 39.2 Å². The highest BCUT2D eigenvalue weighted by atomic mass is 32.2. The van der Waals surface area contributed by atoms with Crippen molar-refractivity contribution >= 4 is 42.5 Å². The minimum atomic E-state index is -3.28. The minimum Gasteiger partial charge on any atom is -0.371 e. The fourth-order valence-corrected chi connectivity index (χ4v) is 8.42. The zero-order valence-corrected chi connectivity index (χ0v) is 24.6. The molecule has 2 unspecified atom stereocenters. The van der Waals surface area contributed by atoms with Crippen molar-refractivity contribution in [1.82, 2.24) is 39.2 Å². The van der Waals surface area contributed by atoms with Crippen molar-refractivity contribution in [3.05, 3.63) is 53.4 Å². The zero-order valence-electron chi connectivity index (χ0n) is 22.9. The van der Waals surface area contributed by atoms with E-state index in [0.717, 1.165) is 46.3 Å². The van der Waals surface area contributed by atoms with Crippen molar-refractivity contribution in [3.8, 4) is 0 Å². The Bertz CT molecular complexity index is 1510. The van der Waals surface area contributed by atoms with Gasteiger partial charge < -0.3 is 9.64 Å². The quantitative estimate of drug-likeness (QED) is 0.317. The molecule has 0 aliphatic carbocycles. The van der Waals surface area contributed by atoms with E-state index in [1.54, 1.807) is 22.0 Å². The monoisotopic (exact) mass is 584 g/mol. The third-order valence-corrected chi connectivity index (χ3v) is 10.9. The predicted molar refractivity (Wildman–Crippen MR) is 157 cm³/mol. The smallest absolute Gasteiger partial charge is 0.214 e. The van der Waals surface area contributed by atoms with E-state index in [-0.39, 0.29) is 18.0 Å². The Morgan fingerprint density at radius 2 is 2.00 bits per heavy atom. The van der Waals surface area contributed by atoms with Crippen LogP contribution in [0.25, 0.3) is 21.1 Å². The molecule has 3 aromatic heterocycles. The number of piperazine rings is 1. The van der Waals surface area contributed by atoms with E-state index in [1.165, 1.54) is 4.88 Å². The van der Waals surface area contributed by atoms with Gasteiger partial charge in [0.05, 0.1) is 46.6 Å². The molecule has 0 amide bonds. The molecule has 0 spiro atoms. The second kappa shape index (κ2) is 11.8. The maximum absolute atomic E-state index is 13.1. The van der Waals surface area contributed by atoms with E-state index >= 15 is 0 Å². The molecule has 2 saturated heterocycles. The fourth-order valence-electron chi connectivity index (χ4n) is 5.79. The molecule has 11 nitrogen and oxygen atoms in total. The predicted octanol–water partition coefficient (Wildman–Crippen LogP) is 2.54. The Labute approximate surface area is 238 Å². The molecule has 5 heterocycles. The number of hydrogen-bond acceptors (Lipinski definition) is 10. The van der Waals surface area contributed by atoms with Crippen molar-refractivity contribution in [3.63, 3.8) is 0 Å². The third-order valence-electron chi connectivity index (χ3n) is 7.80. The molecule has 6 rings (SSSR count). The van der Waals surface area contributed by atoms with Gasteiger partial charge in [0.15, 0.2) is 0 Å². The van der Waals surface area contributed by atoms with Crippen molar-refractivity contribution in [1.29, 1.82) is 0 Å². The molecule has 2 atom stereocenters. The van der Waals surface area contributed by atoms with Crippen LogP contribution in [0.5, 0.6) is 0 Å². The lowest BCUT2D eigenvalue weighted by molar-refractivity contribution is -0.0809. The number of nitrogens with one attached hydrogen (secondary N) is 1. The van der Waals surface area contributed by atoms with Crippen molar-refractivity contribution < 1.29 is 13.2 Å². The molecule has 0 bridgehead atoms. The summed E-state index contributed by atoms with van der Waals surface area (Å²) in [5.41, 5.74) is 3.07. The molecule has 1 aromatic carbocycles. The molecule has 2 aliphatic heterocycles. The number of nitrogens with zero attached hydrogens (tertiary/aromatic N) is 7. The summed E-state index contributed by atoms with van der Waals surface area (Å²) >= 11 is 1.71. The Morgan fingerprint density at radius 1 is 1.15 bits per heavy atom. The van der Waals surface area contributed by atoms with Gasteiger partial charge in [-0.3, -0.25) is 14.9 Å². The number of hydrogen-bond donors (Lipinski definition) is 1. The summed E-state index contributed by atoms with van der Waals surface area (Å²) in [5, 5.41) is 8.39. The largest absolute Gasteiger partial charge is 0.371 e. The van der Waals surface area contributed by atoms with Crippen LogP contribution in [0.2, 0.25) is 0 Å². The number of sulfonamides is 1. The number of rotatable bonds is 9. The topological polar surface area (TPSA) is 111 Å². The number of morpholine rings is 1. The van der Waals surface area contributed by atoms with Gasteiger partial charge in [-0.05, 0) is 44.8 Å². The minimum absolute atomic E-state index is 0.00671. The Morgan fingerprint density at radius 3 is 2.80 bits per heavy atom. The van der Waals surface area contributed by atoms with Gasteiger partial charge in [0.1, 0.15) is 6.33 Å². The van der Waals surface area contributed by atoms with Crippen LogP contribution in [0.3, 0.4) is 0 Å². The molecule has 2 aliphatic rings. The van der Waals surface area contributed by atoms with E-state index in [1.807, 2.05) is 43.5 Å². The number of thiophene rings is 1. The van der Waals surface area contributed by atoms with Gasteiger partial charge in [0, 0.05) is 55.7 Å². The van der Waals surface area contributed by atoms with E-state index in [9.17, 15) is 8.42 Å². The molecular weight excluding hydrogens is 548 g/mol. The van der Waals surface area contributed by atoms with Gasteiger partial charge in [0.25, 0.3) is 0 Å². The number of H-pyrrole nitrogens is 1. The third kappa shape index (κ3) is 5.77. The summed E-state index contributed by atoms with van der Waals surface area (Å²) in [5.74, 6) is 0.189. The van der Waals surface area contributed by atoms with Crippen LogP contribution < -0.4 is 0 Å². The van der Waals surface area contributed by atoms with Gasteiger partial charge in [-0.25, -0.2) is 18.4 Å². The molecule has 0 radical (unpaired) electrons. The normalized spacial score (nSPS) is 21.0. The summed E-state index contributed by atoms with van der Waals surface area (Å²) in [6.45, 7) is 5.19. The van der Waals surface area contributed by atoms with E-state index in [2.05, 4.69) is 42.1 Å². The average Bonchev–Trinajstić information content (AvgIpc) is 3.60. The number of ether oxygens (including phenoxy) is 1. The first-order valence-corrected chi connectivity index (χ1v) is 16.2. The van der Waals surface area contributed by atoms with Gasteiger partial charge in [0.2, 0.25) is 10.0 Å². The summed E-state index contributed by atoms with van der Waals surface area (Å²) in [6, 6.07) is 8.36. The van der Waals surface area contributed by atoms with Crippen LogP contribution in [0, 0.1) is 0 Å². The molecule has 0 saturated carbocycles. The van der Waals surface area contributed by atoms with Crippen LogP contribution in [-0.2, 0) is 14.8 Å². The van der Waals surface area contributed by atoms with Crippen LogP contribution in [0.1, 0.15) is 29.1 Å². The van der Waals surface area contributed by atoms with Crippen LogP contribution >= 0.6 is 11.3 Å². The van der Waals surface area contributed by atoms with Crippen molar-refractivity contribution in [2.24, 2.45) is 0 Å². The van der Waals surface area contributed by atoms with E-state index < -0.39 is 10.0 Å². The number of aromatic nitrogens is 4. The first-order valence-electron chi connectivity index (χ1n) is 13.7. The van der Waals surface area contributed by atoms with Crippen LogP contribution in [0.4, 0.5) is 0 Å². The van der Waals surface area contributed by atoms with E-state index in [4.69, 9.17) is 4.74 Å². The SMILES string of the molecule is CN(C)CCCS(=O)(=O)N1CCN(C(c2cc3ncncc3s2)N2CCOC(c3cccc4[nH]ncc34)C2)CC1. The first-order chi connectivity index (χ1) is 19.4. The Kier molecular flexibility index (Phi) is 8.13. The lowest BCUT2D eigenvalue weighted by atomic mass is 10.0. The van der Waals surface area contributed by atoms with Gasteiger partial charge in [-0.2, -0.15) is 9.40 Å². The summed E-state index contributed by atoms with van der Waals surface area (Å²) in [7, 11) is 0.662. The van der Waals surface area contributed by atoms with Crippen molar-refractivity contribution in [2.45, 2.75) is 18.7 Å². The lowest BCUT2D eigenvalue weighted by Gasteiger charge is -2.45. The maximum Gasteiger partial charge on any atom is 0.214 e. The number of aromatic amines is 1. The zero-order chi connectivity index (χ0) is 27.7. The second-order valence-corrected chi connectivity index (χ2v) is 13.9. The van der Waals surface area contributed by atoms with Crippen LogP contribution in [0.15, 0.2) is 43.0 Å². The molecule has 2 fully saturated rings. The standard InChI is InChI=1S/C27H36N8O3S2/c1-32(2)7-4-14-40(36,37)35-10-8-33(9-11-35)27(25-15-23-26(39-25)17-28-19-29-23)34-12-13-38-24(18-34)20-5-3-6-22-21(20)16-30-31-22/h3,5-6,15-17,19,24,27H,4,7-14,18H2,1-2H3,(H,30,31). The highest BCUT2D eigenvalue weighted by molar-refractivity contribution is 7.89. The molecule has 4 aromatic rings. The molecule has 13 heteroatoms.